The van der Waals surface area contributed by atoms with Gasteiger partial charge in [-0.2, -0.15) is 0 Å². The van der Waals surface area contributed by atoms with Crippen molar-refractivity contribution in [3.05, 3.63) is 28.8 Å². The van der Waals surface area contributed by atoms with Gasteiger partial charge in [0.25, 0.3) is 0 Å². The van der Waals surface area contributed by atoms with Crippen molar-refractivity contribution in [1.29, 1.82) is 0 Å². The van der Waals surface area contributed by atoms with Gasteiger partial charge in [-0.1, -0.05) is 18.5 Å². The minimum Gasteiger partial charge on any atom is -0.496 e. The van der Waals surface area contributed by atoms with E-state index >= 15 is 0 Å². The number of halogens is 1. The number of ether oxygens (including phenoxy) is 1. The summed E-state index contributed by atoms with van der Waals surface area (Å²) in [5.41, 5.74) is 1.26. The molecule has 4 rings (SSSR count). The molecule has 3 aliphatic carbocycles. The molecule has 0 aromatic heterocycles. The predicted octanol–water partition coefficient (Wildman–Crippen LogP) is 4.29. The van der Waals surface area contributed by atoms with Gasteiger partial charge in [0, 0.05) is 16.6 Å². The molecular formula is C18H24ClNO. The van der Waals surface area contributed by atoms with Gasteiger partial charge in [-0.3, -0.25) is 0 Å². The Morgan fingerprint density at radius 1 is 1.29 bits per heavy atom. The van der Waals surface area contributed by atoms with E-state index in [1.54, 1.807) is 7.11 Å². The number of rotatable bonds is 5. The van der Waals surface area contributed by atoms with Crippen molar-refractivity contribution in [2.75, 3.05) is 13.7 Å². The fourth-order valence-electron chi connectivity index (χ4n) is 5.46. The Balaban J connectivity index is 1.65. The van der Waals surface area contributed by atoms with E-state index in [0.717, 1.165) is 46.9 Å². The maximum atomic E-state index is 6.25. The molecule has 5 atom stereocenters. The van der Waals surface area contributed by atoms with E-state index in [0.29, 0.717) is 6.04 Å². The molecule has 3 aliphatic rings. The molecule has 2 nitrogen and oxygen atoms in total. The van der Waals surface area contributed by atoms with E-state index in [4.69, 9.17) is 16.3 Å². The first kappa shape index (κ1) is 13.9. The summed E-state index contributed by atoms with van der Waals surface area (Å²) in [6.07, 6.45) is 4.43. The molecule has 0 radical (unpaired) electrons. The minimum absolute atomic E-state index is 0.405. The van der Waals surface area contributed by atoms with Crippen LogP contribution in [0.25, 0.3) is 0 Å². The van der Waals surface area contributed by atoms with Gasteiger partial charge in [-0.25, -0.2) is 0 Å². The number of nitrogens with one attached hydrogen (secondary N) is 1. The largest absolute Gasteiger partial charge is 0.496 e. The smallest absolute Gasteiger partial charge is 0.123 e. The van der Waals surface area contributed by atoms with Gasteiger partial charge in [0.15, 0.2) is 0 Å². The lowest BCUT2D eigenvalue weighted by molar-refractivity contribution is 0.354. The summed E-state index contributed by atoms with van der Waals surface area (Å²) in [4.78, 5) is 0. The average Bonchev–Trinajstić information content (AvgIpc) is 2.90. The first-order valence-corrected chi connectivity index (χ1v) is 8.69. The SMILES string of the molecule is CCNC(c1cc(Cl)ccc1OC)C1C2C3CCC(C3)C21. The Morgan fingerprint density at radius 3 is 2.62 bits per heavy atom. The summed E-state index contributed by atoms with van der Waals surface area (Å²) < 4.78 is 5.60. The van der Waals surface area contributed by atoms with Crippen LogP contribution in [-0.2, 0) is 0 Å². The molecule has 3 heteroatoms. The van der Waals surface area contributed by atoms with Crippen LogP contribution < -0.4 is 10.1 Å². The van der Waals surface area contributed by atoms with Gasteiger partial charge >= 0.3 is 0 Å². The van der Waals surface area contributed by atoms with Crippen LogP contribution >= 0.6 is 11.6 Å². The summed E-state index contributed by atoms with van der Waals surface area (Å²) >= 11 is 6.25. The number of fused-ring (bicyclic) bond motifs is 5. The molecule has 21 heavy (non-hydrogen) atoms. The zero-order chi connectivity index (χ0) is 14.6. The number of hydrogen-bond acceptors (Lipinski definition) is 2. The third kappa shape index (κ3) is 2.10. The van der Waals surface area contributed by atoms with Crippen molar-refractivity contribution in [1.82, 2.24) is 5.32 Å². The van der Waals surface area contributed by atoms with Crippen LogP contribution in [0.5, 0.6) is 5.75 Å². The Hall–Kier alpha value is -0.730. The van der Waals surface area contributed by atoms with E-state index in [1.807, 2.05) is 12.1 Å². The molecule has 0 aliphatic heterocycles. The average molecular weight is 306 g/mol. The lowest BCUT2D eigenvalue weighted by Crippen LogP contribution is -2.26. The number of benzene rings is 1. The lowest BCUT2D eigenvalue weighted by atomic mass is 9.92. The van der Waals surface area contributed by atoms with E-state index in [2.05, 4.69) is 18.3 Å². The maximum Gasteiger partial charge on any atom is 0.123 e. The van der Waals surface area contributed by atoms with Crippen LogP contribution in [-0.4, -0.2) is 13.7 Å². The van der Waals surface area contributed by atoms with Crippen molar-refractivity contribution < 1.29 is 4.74 Å². The Kier molecular flexibility index (Phi) is 3.42. The first-order valence-electron chi connectivity index (χ1n) is 8.31. The van der Waals surface area contributed by atoms with Crippen molar-refractivity contribution >= 4 is 11.6 Å². The quantitative estimate of drug-likeness (QED) is 0.876. The molecular weight excluding hydrogens is 282 g/mol. The van der Waals surface area contributed by atoms with Crippen LogP contribution in [0.3, 0.4) is 0 Å². The fourth-order valence-corrected chi connectivity index (χ4v) is 5.64. The summed E-state index contributed by atoms with van der Waals surface area (Å²) in [7, 11) is 1.76. The zero-order valence-corrected chi connectivity index (χ0v) is 13.6. The van der Waals surface area contributed by atoms with Crippen LogP contribution in [0.4, 0.5) is 0 Å². The molecule has 0 heterocycles. The third-order valence-corrected chi connectivity index (χ3v) is 6.37. The first-order chi connectivity index (χ1) is 10.2. The van der Waals surface area contributed by atoms with Crippen molar-refractivity contribution in [3.63, 3.8) is 0 Å². The van der Waals surface area contributed by atoms with E-state index in [-0.39, 0.29) is 0 Å². The number of hydrogen-bond donors (Lipinski definition) is 1. The van der Waals surface area contributed by atoms with Crippen LogP contribution in [0.2, 0.25) is 5.02 Å². The second kappa shape index (κ2) is 5.17. The van der Waals surface area contributed by atoms with Crippen molar-refractivity contribution in [2.45, 2.75) is 32.2 Å². The molecule has 0 spiro atoms. The highest BCUT2D eigenvalue weighted by Gasteiger charge is 2.66. The van der Waals surface area contributed by atoms with Gasteiger partial charge in [-0.05, 0) is 73.6 Å². The molecule has 3 fully saturated rings. The number of methoxy groups -OCH3 is 1. The van der Waals surface area contributed by atoms with E-state index in [1.165, 1.54) is 24.8 Å². The molecule has 0 saturated heterocycles. The predicted molar refractivity (Wildman–Crippen MR) is 85.7 cm³/mol. The van der Waals surface area contributed by atoms with E-state index in [9.17, 15) is 0 Å². The molecule has 0 amide bonds. The summed E-state index contributed by atoms with van der Waals surface area (Å²) in [5, 5.41) is 4.53. The van der Waals surface area contributed by atoms with E-state index < -0.39 is 0 Å². The third-order valence-electron chi connectivity index (χ3n) is 6.13. The maximum absolute atomic E-state index is 6.25. The van der Waals surface area contributed by atoms with Crippen LogP contribution in [0.15, 0.2) is 18.2 Å². The summed E-state index contributed by atoms with van der Waals surface area (Å²) in [6.45, 7) is 3.18. The minimum atomic E-state index is 0.405. The highest BCUT2D eigenvalue weighted by atomic mass is 35.5. The fraction of sp³-hybridized carbons (Fsp3) is 0.667. The molecule has 2 bridgehead atoms. The second-order valence-electron chi connectivity index (χ2n) is 6.99. The topological polar surface area (TPSA) is 21.3 Å². The zero-order valence-electron chi connectivity index (χ0n) is 12.8. The highest BCUT2D eigenvalue weighted by Crippen LogP contribution is 2.72. The standard InChI is InChI=1S/C18H24ClNO/c1-3-20-18(13-9-12(19)6-7-14(13)21-2)17-15-10-4-5-11(8-10)16(15)17/h6-7,9-11,15-18,20H,3-5,8H2,1-2H3. The Morgan fingerprint density at radius 2 is 2.00 bits per heavy atom. The van der Waals surface area contributed by atoms with Gasteiger partial charge in [0.05, 0.1) is 7.11 Å². The molecule has 3 saturated carbocycles. The van der Waals surface area contributed by atoms with Crippen LogP contribution in [0, 0.1) is 29.6 Å². The monoisotopic (exact) mass is 305 g/mol. The molecule has 1 N–H and O–H groups in total. The summed E-state index contributed by atoms with van der Waals surface area (Å²) in [5.74, 6) is 5.67. The second-order valence-corrected chi connectivity index (χ2v) is 7.42. The van der Waals surface area contributed by atoms with Gasteiger partial charge in [0.2, 0.25) is 0 Å². The molecule has 1 aromatic carbocycles. The molecule has 1 aromatic rings. The van der Waals surface area contributed by atoms with Gasteiger partial charge in [-0.15, -0.1) is 0 Å². The van der Waals surface area contributed by atoms with Crippen LogP contribution in [0.1, 0.15) is 37.8 Å². The van der Waals surface area contributed by atoms with Crippen molar-refractivity contribution in [3.8, 4) is 5.75 Å². The van der Waals surface area contributed by atoms with Crippen molar-refractivity contribution in [2.24, 2.45) is 29.6 Å². The van der Waals surface area contributed by atoms with Gasteiger partial charge < -0.3 is 10.1 Å². The normalized spacial score (nSPS) is 37.4. The summed E-state index contributed by atoms with van der Waals surface area (Å²) in [6, 6.07) is 6.44. The Bertz CT molecular complexity index is 530. The highest BCUT2D eigenvalue weighted by molar-refractivity contribution is 6.30. The molecule has 5 unspecified atom stereocenters. The van der Waals surface area contributed by atoms with Gasteiger partial charge in [0.1, 0.15) is 5.75 Å². The lowest BCUT2D eigenvalue weighted by Gasteiger charge is -2.24. The Labute approximate surface area is 132 Å². The molecule has 114 valence electrons.